The lowest BCUT2D eigenvalue weighted by Gasteiger charge is -2.39. The summed E-state index contributed by atoms with van der Waals surface area (Å²) in [4.78, 5) is 0. The molecule has 1 aliphatic rings. The molecule has 3 nitrogen and oxygen atoms in total. The molecular weight excluding hydrogens is 216 g/mol. The molecule has 0 radical (unpaired) electrons. The van der Waals surface area contributed by atoms with Gasteiger partial charge in [0.2, 0.25) is 0 Å². The Morgan fingerprint density at radius 2 is 1.94 bits per heavy atom. The summed E-state index contributed by atoms with van der Waals surface area (Å²) in [5, 5.41) is 19.9. The van der Waals surface area contributed by atoms with Crippen LogP contribution in [0.4, 0.5) is 0 Å². The van der Waals surface area contributed by atoms with E-state index < -0.39 is 5.60 Å². The summed E-state index contributed by atoms with van der Waals surface area (Å²) >= 11 is 0. The smallest absolute Gasteiger partial charge is 0.0945 e. The fraction of sp³-hybridized carbons (Fsp3) is 0.571. The van der Waals surface area contributed by atoms with Crippen molar-refractivity contribution in [3.63, 3.8) is 0 Å². The second kappa shape index (κ2) is 4.77. The predicted molar refractivity (Wildman–Crippen MR) is 65.5 cm³/mol. The summed E-state index contributed by atoms with van der Waals surface area (Å²) in [6.45, 7) is 3.97. The van der Waals surface area contributed by atoms with E-state index in [0.29, 0.717) is 12.8 Å². The van der Waals surface area contributed by atoms with Gasteiger partial charge in [0.05, 0.1) is 24.4 Å². The highest BCUT2D eigenvalue weighted by Crippen LogP contribution is 2.37. The average Bonchev–Trinajstić information content (AvgIpc) is 2.27. The van der Waals surface area contributed by atoms with Crippen LogP contribution in [0, 0.1) is 0 Å². The number of hydrogen-bond acceptors (Lipinski definition) is 3. The normalized spacial score (nSPS) is 33.6. The molecule has 1 aromatic rings. The predicted octanol–water partition coefficient (Wildman–Crippen LogP) is 1.95. The minimum Gasteiger partial charge on any atom is -0.392 e. The number of ether oxygens (including phenoxy) is 1. The Morgan fingerprint density at radius 3 is 2.53 bits per heavy atom. The summed E-state index contributed by atoms with van der Waals surface area (Å²) in [5.74, 6) is 0. The van der Waals surface area contributed by atoms with Crippen molar-refractivity contribution in [2.24, 2.45) is 0 Å². The zero-order valence-electron chi connectivity index (χ0n) is 10.4. The Bertz CT molecular complexity index is 379. The van der Waals surface area contributed by atoms with Crippen molar-refractivity contribution in [2.45, 2.75) is 51.1 Å². The molecule has 0 saturated carbocycles. The van der Waals surface area contributed by atoms with E-state index in [2.05, 4.69) is 0 Å². The quantitative estimate of drug-likeness (QED) is 0.825. The molecule has 0 aliphatic carbocycles. The number of rotatable bonds is 2. The first-order valence-corrected chi connectivity index (χ1v) is 6.11. The molecule has 1 fully saturated rings. The van der Waals surface area contributed by atoms with Gasteiger partial charge < -0.3 is 14.9 Å². The van der Waals surface area contributed by atoms with Crippen LogP contribution in [0.2, 0.25) is 0 Å². The molecule has 0 bridgehead atoms. The van der Waals surface area contributed by atoms with Gasteiger partial charge >= 0.3 is 0 Å². The molecule has 0 spiro atoms. The van der Waals surface area contributed by atoms with Crippen LogP contribution in [0.1, 0.15) is 37.8 Å². The standard InChI is InChI=1S/C14H20O3/c1-10-7-14(16,8-11(2)17-10)13-5-3-4-12(6-13)9-15/h3-6,10-11,15-16H,7-9H2,1-2H3/t10-,11+,14?. The summed E-state index contributed by atoms with van der Waals surface area (Å²) in [5.41, 5.74) is 0.885. The van der Waals surface area contributed by atoms with E-state index in [1.807, 2.05) is 38.1 Å². The molecule has 2 rings (SSSR count). The minimum atomic E-state index is -0.831. The first-order chi connectivity index (χ1) is 8.03. The zero-order chi connectivity index (χ0) is 12.5. The SMILES string of the molecule is C[C@@H]1CC(O)(c2cccc(CO)c2)C[C@H](C)O1. The molecule has 3 heteroatoms. The van der Waals surface area contributed by atoms with Crippen LogP contribution in [-0.4, -0.2) is 22.4 Å². The van der Waals surface area contributed by atoms with Crippen LogP contribution >= 0.6 is 0 Å². The van der Waals surface area contributed by atoms with Gasteiger partial charge in [0.1, 0.15) is 0 Å². The van der Waals surface area contributed by atoms with Gasteiger partial charge in [-0.05, 0) is 25.0 Å². The Morgan fingerprint density at radius 1 is 1.29 bits per heavy atom. The lowest BCUT2D eigenvalue weighted by Crippen LogP contribution is -2.41. The highest BCUT2D eigenvalue weighted by molar-refractivity contribution is 5.28. The molecule has 94 valence electrons. The maximum atomic E-state index is 10.7. The van der Waals surface area contributed by atoms with Gasteiger partial charge in [0.25, 0.3) is 0 Å². The average molecular weight is 236 g/mol. The van der Waals surface area contributed by atoms with Gasteiger partial charge in [0.15, 0.2) is 0 Å². The molecular formula is C14H20O3. The largest absolute Gasteiger partial charge is 0.392 e. The number of benzene rings is 1. The summed E-state index contributed by atoms with van der Waals surface area (Å²) < 4.78 is 5.65. The molecule has 0 amide bonds. The Kier molecular flexibility index (Phi) is 3.52. The first kappa shape index (κ1) is 12.6. The van der Waals surface area contributed by atoms with Crippen molar-refractivity contribution in [1.29, 1.82) is 0 Å². The lowest BCUT2D eigenvalue weighted by atomic mass is 9.81. The van der Waals surface area contributed by atoms with E-state index in [-0.39, 0.29) is 18.8 Å². The fourth-order valence-electron chi connectivity index (χ4n) is 2.72. The number of aliphatic hydroxyl groups is 2. The Balaban J connectivity index is 2.29. The Hall–Kier alpha value is -0.900. The van der Waals surface area contributed by atoms with Crippen molar-refractivity contribution in [2.75, 3.05) is 0 Å². The Labute approximate surface area is 102 Å². The summed E-state index contributed by atoms with van der Waals surface area (Å²) in [6, 6.07) is 7.54. The topological polar surface area (TPSA) is 49.7 Å². The summed E-state index contributed by atoms with van der Waals surface area (Å²) in [7, 11) is 0. The zero-order valence-corrected chi connectivity index (χ0v) is 10.4. The van der Waals surface area contributed by atoms with Gasteiger partial charge in [-0.15, -0.1) is 0 Å². The highest BCUT2D eigenvalue weighted by Gasteiger charge is 2.38. The number of aliphatic hydroxyl groups excluding tert-OH is 1. The van der Waals surface area contributed by atoms with E-state index in [1.54, 1.807) is 0 Å². The highest BCUT2D eigenvalue weighted by atomic mass is 16.5. The van der Waals surface area contributed by atoms with Crippen LogP contribution in [0.3, 0.4) is 0 Å². The van der Waals surface area contributed by atoms with Gasteiger partial charge in [-0.1, -0.05) is 24.3 Å². The lowest BCUT2D eigenvalue weighted by molar-refractivity contribution is -0.135. The molecule has 2 N–H and O–H groups in total. The van der Waals surface area contributed by atoms with Gasteiger partial charge in [0, 0.05) is 12.8 Å². The minimum absolute atomic E-state index is 0.00548. The van der Waals surface area contributed by atoms with Crippen LogP contribution in [-0.2, 0) is 16.9 Å². The van der Waals surface area contributed by atoms with Crippen LogP contribution in [0.15, 0.2) is 24.3 Å². The van der Waals surface area contributed by atoms with E-state index >= 15 is 0 Å². The molecule has 1 aromatic carbocycles. The maximum absolute atomic E-state index is 10.7. The van der Waals surface area contributed by atoms with E-state index in [4.69, 9.17) is 9.84 Å². The third-order valence-electron chi connectivity index (χ3n) is 3.36. The van der Waals surface area contributed by atoms with E-state index in [1.165, 1.54) is 0 Å². The van der Waals surface area contributed by atoms with Crippen molar-refractivity contribution in [3.8, 4) is 0 Å². The van der Waals surface area contributed by atoms with E-state index in [0.717, 1.165) is 11.1 Å². The third-order valence-corrected chi connectivity index (χ3v) is 3.36. The first-order valence-electron chi connectivity index (χ1n) is 6.11. The molecule has 17 heavy (non-hydrogen) atoms. The van der Waals surface area contributed by atoms with Crippen molar-refractivity contribution < 1.29 is 14.9 Å². The second-order valence-corrected chi connectivity index (χ2v) is 5.06. The van der Waals surface area contributed by atoms with Gasteiger partial charge in [-0.3, -0.25) is 0 Å². The van der Waals surface area contributed by atoms with Crippen LogP contribution < -0.4 is 0 Å². The molecule has 3 atom stereocenters. The maximum Gasteiger partial charge on any atom is 0.0945 e. The van der Waals surface area contributed by atoms with Crippen LogP contribution in [0.25, 0.3) is 0 Å². The third kappa shape index (κ3) is 2.68. The molecule has 1 unspecified atom stereocenters. The molecule has 1 aliphatic heterocycles. The van der Waals surface area contributed by atoms with Crippen molar-refractivity contribution in [1.82, 2.24) is 0 Å². The van der Waals surface area contributed by atoms with Gasteiger partial charge in [-0.2, -0.15) is 0 Å². The molecule has 0 aromatic heterocycles. The molecule has 1 heterocycles. The van der Waals surface area contributed by atoms with Crippen molar-refractivity contribution in [3.05, 3.63) is 35.4 Å². The number of hydrogen-bond donors (Lipinski definition) is 2. The van der Waals surface area contributed by atoms with E-state index in [9.17, 15) is 5.11 Å². The monoisotopic (exact) mass is 236 g/mol. The second-order valence-electron chi connectivity index (χ2n) is 5.06. The van der Waals surface area contributed by atoms with Crippen LogP contribution in [0.5, 0.6) is 0 Å². The molecule has 1 saturated heterocycles. The van der Waals surface area contributed by atoms with Gasteiger partial charge in [-0.25, -0.2) is 0 Å². The fourth-order valence-corrected chi connectivity index (χ4v) is 2.72. The van der Waals surface area contributed by atoms with Crippen molar-refractivity contribution >= 4 is 0 Å². The summed E-state index contributed by atoms with van der Waals surface area (Å²) in [6.07, 6.45) is 1.32.